The Labute approximate surface area is 149 Å². The van der Waals surface area contributed by atoms with Gasteiger partial charge in [-0.2, -0.15) is 15.0 Å². The zero-order chi connectivity index (χ0) is 17.1. The molecule has 0 saturated carbocycles. The van der Waals surface area contributed by atoms with Gasteiger partial charge in [0.2, 0.25) is 5.91 Å². The zero-order valence-corrected chi connectivity index (χ0v) is 14.7. The second-order valence-corrected chi connectivity index (χ2v) is 7.17. The van der Waals surface area contributed by atoms with Crippen LogP contribution in [0.4, 0.5) is 0 Å². The molecule has 3 aromatic rings. The minimum atomic E-state index is 0.0833. The molecule has 0 atom stereocenters. The maximum Gasteiger partial charge on any atom is 0.246 e. The molecule has 0 bridgehead atoms. The molecule has 0 unspecified atom stereocenters. The van der Waals surface area contributed by atoms with Crippen LogP contribution >= 0.6 is 11.3 Å². The van der Waals surface area contributed by atoms with Crippen molar-refractivity contribution in [2.24, 2.45) is 0 Å². The lowest BCUT2D eigenvalue weighted by atomic mass is 10.3. The summed E-state index contributed by atoms with van der Waals surface area (Å²) in [7, 11) is 0. The molecule has 1 saturated heterocycles. The van der Waals surface area contributed by atoms with Crippen molar-refractivity contribution in [2.75, 3.05) is 26.2 Å². The SMILES string of the molecule is O=C(Cn1nc2ccccc2n1)N1CCCN(Cc2cncs2)CC1. The number of nitrogens with zero attached hydrogens (tertiary/aromatic N) is 6. The number of amides is 1. The van der Waals surface area contributed by atoms with E-state index in [0.29, 0.717) is 0 Å². The molecule has 0 N–H and O–H groups in total. The minimum Gasteiger partial charge on any atom is -0.340 e. The van der Waals surface area contributed by atoms with Crippen molar-refractivity contribution in [3.63, 3.8) is 0 Å². The number of hydrogen-bond donors (Lipinski definition) is 0. The molecule has 25 heavy (non-hydrogen) atoms. The lowest BCUT2D eigenvalue weighted by molar-refractivity contribution is -0.132. The van der Waals surface area contributed by atoms with Gasteiger partial charge in [-0.3, -0.25) is 14.7 Å². The summed E-state index contributed by atoms with van der Waals surface area (Å²) in [4.78, 5) is 23.8. The fourth-order valence-corrected chi connectivity index (χ4v) is 3.75. The Balaban J connectivity index is 1.35. The lowest BCUT2D eigenvalue weighted by Gasteiger charge is -2.21. The van der Waals surface area contributed by atoms with Crippen molar-refractivity contribution in [1.29, 1.82) is 0 Å². The van der Waals surface area contributed by atoms with E-state index in [9.17, 15) is 4.79 Å². The van der Waals surface area contributed by atoms with Gasteiger partial charge in [-0.05, 0) is 18.6 Å². The van der Waals surface area contributed by atoms with Crippen molar-refractivity contribution in [2.45, 2.75) is 19.5 Å². The average molecular weight is 356 g/mol. The van der Waals surface area contributed by atoms with E-state index < -0.39 is 0 Å². The molecule has 1 aliphatic heterocycles. The molecular formula is C17H20N6OS. The second-order valence-electron chi connectivity index (χ2n) is 6.20. The van der Waals surface area contributed by atoms with E-state index in [4.69, 9.17) is 0 Å². The molecule has 2 aromatic heterocycles. The summed E-state index contributed by atoms with van der Waals surface area (Å²) in [5.41, 5.74) is 3.51. The topological polar surface area (TPSA) is 67.2 Å². The first kappa shape index (κ1) is 16.2. The molecular weight excluding hydrogens is 336 g/mol. The molecule has 0 aliphatic carbocycles. The Kier molecular flexibility index (Phi) is 4.71. The van der Waals surface area contributed by atoms with E-state index in [1.165, 1.54) is 9.67 Å². The first-order valence-electron chi connectivity index (χ1n) is 8.45. The van der Waals surface area contributed by atoms with Crippen LogP contribution in [0.25, 0.3) is 11.0 Å². The summed E-state index contributed by atoms with van der Waals surface area (Å²) in [5.74, 6) is 0.0833. The maximum absolute atomic E-state index is 12.6. The van der Waals surface area contributed by atoms with Crippen LogP contribution in [0.15, 0.2) is 36.0 Å². The van der Waals surface area contributed by atoms with Gasteiger partial charge in [0.05, 0.1) is 5.51 Å². The first-order valence-corrected chi connectivity index (χ1v) is 9.33. The van der Waals surface area contributed by atoms with E-state index in [0.717, 1.165) is 50.2 Å². The number of carbonyl (C=O) groups is 1. The van der Waals surface area contributed by atoms with E-state index in [-0.39, 0.29) is 12.5 Å². The Morgan fingerprint density at radius 2 is 1.88 bits per heavy atom. The quantitative estimate of drug-likeness (QED) is 0.711. The van der Waals surface area contributed by atoms with Crippen LogP contribution in [0.1, 0.15) is 11.3 Å². The highest BCUT2D eigenvalue weighted by Crippen LogP contribution is 2.13. The van der Waals surface area contributed by atoms with Crippen molar-refractivity contribution in [3.8, 4) is 0 Å². The first-order chi connectivity index (χ1) is 12.3. The number of thiazole rings is 1. The van der Waals surface area contributed by atoms with Crippen LogP contribution in [-0.4, -0.2) is 61.9 Å². The molecule has 8 heteroatoms. The second kappa shape index (κ2) is 7.28. The molecule has 4 rings (SSSR count). The third kappa shape index (κ3) is 3.85. The van der Waals surface area contributed by atoms with Crippen LogP contribution in [0.3, 0.4) is 0 Å². The number of benzene rings is 1. The Morgan fingerprint density at radius 3 is 2.60 bits per heavy atom. The molecule has 0 radical (unpaired) electrons. The number of aromatic nitrogens is 4. The fourth-order valence-electron chi connectivity index (χ4n) is 3.12. The molecule has 0 spiro atoms. The maximum atomic E-state index is 12.6. The van der Waals surface area contributed by atoms with E-state index in [1.807, 2.05) is 40.9 Å². The highest BCUT2D eigenvalue weighted by Gasteiger charge is 2.20. The zero-order valence-electron chi connectivity index (χ0n) is 13.9. The summed E-state index contributed by atoms with van der Waals surface area (Å²) in [6, 6.07) is 7.67. The van der Waals surface area contributed by atoms with Crippen molar-refractivity contribution in [3.05, 3.63) is 40.8 Å². The van der Waals surface area contributed by atoms with Gasteiger partial charge in [0.25, 0.3) is 0 Å². The predicted octanol–water partition coefficient (Wildman–Crippen LogP) is 1.62. The van der Waals surface area contributed by atoms with Gasteiger partial charge in [-0.25, -0.2) is 0 Å². The Morgan fingerprint density at radius 1 is 1.08 bits per heavy atom. The monoisotopic (exact) mass is 356 g/mol. The molecule has 3 heterocycles. The number of rotatable bonds is 4. The minimum absolute atomic E-state index is 0.0833. The molecule has 1 amide bonds. The van der Waals surface area contributed by atoms with Gasteiger partial charge < -0.3 is 4.90 Å². The number of carbonyl (C=O) groups excluding carboxylic acids is 1. The van der Waals surface area contributed by atoms with Crippen LogP contribution in [0.5, 0.6) is 0 Å². The Bertz CT molecular complexity index is 813. The number of hydrogen-bond acceptors (Lipinski definition) is 6. The number of fused-ring (bicyclic) bond motifs is 1. The lowest BCUT2D eigenvalue weighted by Crippen LogP contribution is -2.37. The summed E-state index contributed by atoms with van der Waals surface area (Å²) in [6.45, 7) is 4.54. The summed E-state index contributed by atoms with van der Waals surface area (Å²) >= 11 is 1.68. The average Bonchev–Trinajstić information content (AvgIpc) is 3.19. The van der Waals surface area contributed by atoms with Gasteiger partial charge in [0, 0.05) is 43.8 Å². The third-order valence-electron chi connectivity index (χ3n) is 4.41. The largest absolute Gasteiger partial charge is 0.340 e. The molecule has 7 nitrogen and oxygen atoms in total. The van der Waals surface area contributed by atoms with Gasteiger partial charge in [-0.1, -0.05) is 12.1 Å². The van der Waals surface area contributed by atoms with Crippen molar-refractivity contribution < 1.29 is 4.79 Å². The van der Waals surface area contributed by atoms with E-state index in [1.54, 1.807) is 11.3 Å². The van der Waals surface area contributed by atoms with E-state index in [2.05, 4.69) is 20.1 Å². The Hall–Kier alpha value is -2.32. The van der Waals surface area contributed by atoms with Gasteiger partial charge >= 0.3 is 0 Å². The van der Waals surface area contributed by atoms with Crippen LogP contribution < -0.4 is 0 Å². The standard InChI is InChI=1S/C17H20N6OS/c24-17(12-23-19-15-4-1-2-5-16(15)20-23)22-7-3-6-21(8-9-22)11-14-10-18-13-25-14/h1-2,4-5,10,13H,3,6-9,11-12H2. The smallest absolute Gasteiger partial charge is 0.246 e. The third-order valence-corrected chi connectivity index (χ3v) is 5.17. The molecule has 1 aromatic carbocycles. The van der Waals surface area contributed by atoms with Gasteiger partial charge in [0.15, 0.2) is 0 Å². The molecule has 130 valence electrons. The predicted molar refractivity (Wildman–Crippen MR) is 96.1 cm³/mol. The normalized spacial score (nSPS) is 16.2. The summed E-state index contributed by atoms with van der Waals surface area (Å²) in [6.07, 6.45) is 2.91. The molecule has 1 fully saturated rings. The van der Waals surface area contributed by atoms with Gasteiger partial charge in [-0.15, -0.1) is 11.3 Å². The fraction of sp³-hybridized carbons (Fsp3) is 0.412. The highest BCUT2D eigenvalue weighted by molar-refractivity contribution is 7.09. The van der Waals surface area contributed by atoms with Crippen LogP contribution in [-0.2, 0) is 17.9 Å². The van der Waals surface area contributed by atoms with Crippen molar-refractivity contribution >= 4 is 28.3 Å². The van der Waals surface area contributed by atoms with Gasteiger partial charge in [0.1, 0.15) is 17.6 Å². The van der Waals surface area contributed by atoms with Crippen LogP contribution in [0.2, 0.25) is 0 Å². The summed E-state index contributed by atoms with van der Waals surface area (Å²) in [5, 5.41) is 8.76. The summed E-state index contributed by atoms with van der Waals surface area (Å²) < 4.78 is 0. The van der Waals surface area contributed by atoms with Crippen LogP contribution in [0, 0.1) is 0 Å². The van der Waals surface area contributed by atoms with Crippen molar-refractivity contribution in [1.82, 2.24) is 29.8 Å². The highest BCUT2D eigenvalue weighted by atomic mass is 32.1. The molecule has 1 aliphatic rings. The van der Waals surface area contributed by atoms with E-state index >= 15 is 0 Å².